The molecule has 1 unspecified atom stereocenters. The van der Waals surface area contributed by atoms with Gasteiger partial charge in [0.1, 0.15) is 5.82 Å². The predicted molar refractivity (Wildman–Crippen MR) is 73.5 cm³/mol. The van der Waals surface area contributed by atoms with Gasteiger partial charge in [0.15, 0.2) is 0 Å². The molecule has 1 nitrogen and oxygen atoms in total. The third-order valence-corrected chi connectivity index (χ3v) is 3.25. The Kier molecular flexibility index (Phi) is 4.00. The van der Waals surface area contributed by atoms with Crippen LogP contribution in [0.25, 0.3) is 0 Å². The average molecular weight is 264 g/mol. The molecular formula is C15H15ClFN. The number of hydrogen-bond acceptors (Lipinski definition) is 1. The average Bonchev–Trinajstić information content (AvgIpc) is 2.35. The van der Waals surface area contributed by atoms with E-state index in [2.05, 4.69) is 11.4 Å². The maximum atomic E-state index is 13.5. The Hall–Kier alpha value is -1.38. The van der Waals surface area contributed by atoms with Gasteiger partial charge in [0.05, 0.1) is 11.1 Å². The van der Waals surface area contributed by atoms with Crippen LogP contribution in [0.15, 0.2) is 42.5 Å². The number of nitrogens with one attached hydrogen (secondary N) is 1. The zero-order chi connectivity index (χ0) is 13.1. The van der Waals surface area contributed by atoms with Gasteiger partial charge in [-0.1, -0.05) is 47.5 Å². The first-order valence-electron chi connectivity index (χ1n) is 5.80. The van der Waals surface area contributed by atoms with Gasteiger partial charge in [-0.15, -0.1) is 0 Å². The fraction of sp³-hybridized carbons (Fsp3) is 0.200. The zero-order valence-electron chi connectivity index (χ0n) is 10.4. The highest BCUT2D eigenvalue weighted by Crippen LogP contribution is 2.25. The Bertz CT molecular complexity index is 554. The number of halogens is 2. The second-order valence-corrected chi connectivity index (χ2v) is 4.72. The van der Waals surface area contributed by atoms with Crippen molar-refractivity contribution in [1.29, 1.82) is 0 Å². The van der Waals surface area contributed by atoms with Crippen molar-refractivity contribution in [1.82, 2.24) is 5.32 Å². The molecular weight excluding hydrogens is 249 g/mol. The lowest BCUT2D eigenvalue weighted by Gasteiger charge is -2.18. The fourth-order valence-corrected chi connectivity index (χ4v) is 2.18. The Morgan fingerprint density at radius 3 is 2.44 bits per heavy atom. The molecule has 0 aliphatic heterocycles. The highest BCUT2D eigenvalue weighted by atomic mass is 35.5. The van der Waals surface area contributed by atoms with Crippen molar-refractivity contribution in [3.05, 3.63) is 70.0 Å². The number of benzene rings is 2. The van der Waals surface area contributed by atoms with Gasteiger partial charge < -0.3 is 5.32 Å². The summed E-state index contributed by atoms with van der Waals surface area (Å²) in [6.07, 6.45) is 0. The van der Waals surface area contributed by atoms with Crippen LogP contribution in [0.1, 0.15) is 22.7 Å². The van der Waals surface area contributed by atoms with Gasteiger partial charge in [0.2, 0.25) is 0 Å². The van der Waals surface area contributed by atoms with Gasteiger partial charge >= 0.3 is 0 Å². The van der Waals surface area contributed by atoms with Gasteiger partial charge in [0, 0.05) is 0 Å². The maximum Gasteiger partial charge on any atom is 0.142 e. The van der Waals surface area contributed by atoms with Gasteiger partial charge in [-0.25, -0.2) is 4.39 Å². The fourth-order valence-electron chi connectivity index (χ4n) is 2.07. The lowest BCUT2D eigenvalue weighted by molar-refractivity contribution is 0.617. The first-order chi connectivity index (χ1) is 8.61. The van der Waals surface area contributed by atoms with Crippen LogP contribution in [-0.2, 0) is 0 Å². The van der Waals surface area contributed by atoms with Crippen molar-refractivity contribution in [3.63, 3.8) is 0 Å². The number of aryl methyl sites for hydroxylation is 1. The summed E-state index contributed by atoms with van der Waals surface area (Å²) in [4.78, 5) is 0. The summed E-state index contributed by atoms with van der Waals surface area (Å²) in [5.74, 6) is -0.387. The van der Waals surface area contributed by atoms with E-state index in [4.69, 9.17) is 11.6 Å². The summed E-state index contributed by atoms with van der Waals surface area (Å²) in [6.45, 7) is 2.04. The molecule has 0 saturated carbocycles. The highest BCUT2D eigenvalue weighted by molar-refractivity contribution is 6.30. The van der Waals surface area contributed by atoms with E-state index in [0.29, 0.717) is 0 Å². The van der Waals surface area contributed by atoms with Crippen molar-refractivity contribution < 1.29 is 4.39 Å². The van der Waals surface area contributed by atoms with E-state index in [-0.39, 0.29) is 16.9 Å². The quantitative estimate of drug-likeness (QED) is 0.879. The van der Waals surface area contributed by atoms with Crippen LogP contribution in [0.4, 0.5) is 4.39 Å². The van der Waals surface area contributed by atoms with Gasteiger partial charge in [0.25, 0.3) is 0 Å². The molecule has 0 fully saturated rings. The van der Waals surface area contributed by atoms with Gasteiger partial charge in [-0.05, 0) is 37.2 Å². The van der Waals surface area contributed by atoms with Crippen molar-refractivity contribution in [3.8, 4) is 0 Å². The smallest absolute Gasteiger partial charge is 0.142 e. The minimum Gasteiger partial charge on any atom is -0.309 e. The van der Waals surface area contributed by atoms with Crippen molar-refractivity contribution in [2.75, 3.05) is 7.05 Å². The van der Waals surface area contributed by atoms with Crippen molar-refractivity contribution in [2.24, 2.45) is 0 Å². The van der Waals surface area contributed by atoms with Crippen molar-refractivity contribution >= 4 is 11.6 Å². The van der Waals surface area contributed by atoms with Gasteiger partial charge in [-0.2, -0.15) is 0 Å². The SMILES string of the molecule is CNC(c1cccc(C)c1)c1ccc(Cl)c(F)c1. The van der Waals surface area contributed by atoms with Crippen LogP contribution in [0.3, 0.4) is 0 Å². The molecule has 0 saturated heterocycles. The number of hydrogen-bond donors (Lipinski definition) is 1. The van der Waals surface area contributed by atoms with Crippen LogP contribution in [0.5, 0.6) is 0 Å². The number of rotatable bonds is 3. The Labute approximate surface area is 112 Å². The molecule has 94 valence electrons. The first kappa shape index (κ1) is 13.1. The highest BCUT2D eigenvalue weighted by Gasteiger charge is 2.13. The first-order valence-corrected chi connectivity index (χ1v) is 6.18. The van der Waals surface area contributed by atoms with Crippen molar-refractivity contribution in [2.45, 2.75) is 13.0 Å². The minimum atomic E-state index is -0.387. The van der Waals surface area contributed by atoms with E-state index in [1.54, 1.807) is 6.07 Å². The minimum absolute atomic E-state index is 0.0309. The van der Waals surface area contributed by atoms with Crippen LogP contribution in [0, 0.1) is 12.7 Å². The molecule has 0 radical (unpaired) electrons. The summed E-state index contributed by atoms with van der Waals surface area (Å²) in [7, 11) is 1.86. The zero-order valence-corrected chi connectivity index (χ0v) is 11.1. The lowest BCUT2D eigenvalue weighted by Crippen LogP contribution is -2.17. The predicted octanol–water partition coefficient (Wildman–Crippen LogP) is 4.10. The molecule has 0 aliphatic rings. The molecule has 0 aromatic heterocycles. The van der Waals surface area contributed by atoms with Crippen LogP contribution in [-0.4, -0.2) is 7.05 Å². The topological polar surface area (TPSA) is 12.0 Å². The van der Waals surface area contributed by atoms with Crippen LogP contribution < -0.4 is 5.32 Å². The molecule has 2 aromatic carbocycles. The molecule has 2 aromatic rings. The summed E-state index contributed by atoms with van der Waals surface area (Å²) in [5, 5.41) is 3.35. The van der Waals surface area contributed by atoms with E-state index < -0.39 is 0 Å². The lowest BCUT2D eigenvalue weighted by atomic mass is 9.97. The molecule has 0 aliphatic carbocycles. The molecule has 0 heterocycles. The van der Waals surface area contributed by atoms with E-state index in [0.717, 1.165) is 11.1 Å². The monoisotopic (exact) mass is 263 g/mol. The largest absolute Gasteiger partial charge is 0.309 e. The second kappa shape index (κ2) is 5.51. The molecule has 0 amide bonds. The summed E-state index contributed by atoms with van der Waals surface area (Å²) < 4.78 is 13.5. The molecule has 1 N–H and O–H groups in total. The Morgan fingerprint density at radius 1 is 1.11 bits per heavy atom. The standard InChI is InChI=1S/C15H15ClFN/c1-10-4-3-5-11(8-10)15(18-2)12-6-7-13(16)14(17)9-12/h3-9,15,18H,1-2H3. The van der Waals surface area contributed by atoms with E-state index in [9.17, 15) is 4.39 Å². The second-order valence-electron chi connectivity index (χ2n) is 4.31. The maximum absolute atomic E-state index is 13.5. The van der Waals surface area contributed by atoms with E-state index >= 15 is 0 Å². The molecule has 0 bridgehead atoms. The summed E-state index contributed by atoms with van der Waals surface area (Å²) in [6, 6.07) is 13.0. The summed E-state index contributed by atoms with van der Waals surface area (Å²) >= 11 is 5.70. The molecule has 1 atom stereocenters. The summed E-state index contributed by atoms with van der Waals surface area (Å²) in [5.41, 5.74) is 3.16. The third-order valence-electron chi connectivity index (χ3n) is 2.94. The normalized spacial score (nSPS) is 12.4. The Morgan fingerprint density at radius 2 is 1.83 bits per heavy atom. The Balaban J connectivity index is 2.42. The van der Waals surface area contributed by atoms with Crippen LogP contribution in [0.2, 0.25) is 5.02 Å². The van der Waals surface area contributed by atoms with Gasteiger partial charge in [-0.3, -0.25) is 0 Å². The molecule has 2 rings (SSSR count). The molecule has 3 heteroatoms. The third kappa shape index (κ3) is 2.71. The molecule has 0 spiro atoms. The van der Waals surface area contributed by atoms with Crippen LogP contribution >= 0.6 is 11.6 Å². The molecule has 18 heavy (non-hydrogen) atoms. The van der Waals surface area contributed by atoms with E-state index in [1.807, 2.05) is 38.2 Å². The van der Waals surface area contributed by atoms with E-state index in [1.165, 1.54) is 11.6 Å².